The number of aliphatic carboxylic acids is 1. The molecule has 1 N–H and O–H groups in total. The predicted molar refractivity (Wildman–Crippen MR) is 45.6 cm³/mol. The van der Waals surface area contributed by atoms with Gasteiger partial charge in [0.15, 0.2) is 0 Å². The van der Waals surface area contributed by atoms with Gasteiger partial charge in [-0.3, -0.25) is 0 Å². The molecule has 0 radical (unpaired) electrons. The van der Waals surface area contributed by atoms with E-state index in [0.29, 0.717) is 5.92 Å². The Bertz CT molecular complexity index is 187. The van der Waals surface area contributed by atoms with Crippen LogP contribution in [0, 0.1) is 5.92 Å². The van der Waals surface area contributed by atoms with E-state index in [1.54, 1.807) is 6.21 Å². The van der Waals surface area contributed by atoms with Gasteiger partial charge in [-0.1, -0.05) is 5.16 Å². The van der Waals surface area contributed by atoms with Crippen molar-refractivity contribution in [2.24, 2.45) is 11.1 Å². The summed E-state index contributed by atoms with van der Waals surface area (Å²) < 4.78 is 5.15. The highest BCUT2D eigenvalue weighted by Crippen LogP contribution is 2.11. The molecule has 0 amide bonds. The summed E-state index contributed by atoms with van der Waals surface area (Å²) in [6, 6.07) is 0. The number of carboxylic acids is 1. The molecule has 1 heterocycles. The summed E-state index contributed by atoms with van der Waals surface area (Å²) >= 11 is 0. The van der Waals surface area contributed by atoms with Crippen molar-refractivity contribution in [3.63, 3.8) is 0 Å². The Morgan fingerprint density at radius 1 is 1.62 bits per heavy atom. The molecule has 0 aromatic heterocycles. The van der Waals surface area contributed by atoms with E-state index in [1.807, 2.05) is 0 Å². The van der Waals surface area contributed by atoms with E-state index in [2.05, 4.69) is 9.99 Å². The Labute approximate surface area is 76.3 Å². The summed E-state index contributed by atoms with van der Waals surface area (Å²) in [6.07, 6.45) is 3.52. The highest BCUT2D eigenvalue weighted by Gasteiger charge is 2.10. The van der Waals surface area contributed by atoms with Crippen LogP contribution >= 0.6 is 0 Å². The van der Waals surface area contributed by atoms with Gasteiger partial charge in [0.05, 0.1) is 0 Å². The molecule has 1 aliphatic heterocycles. The van der Waals surface area contributed by atoms with Crippen molar-refractivity contribution in [1.29, 1.82) is 0 Å². The molecule has 0 unspecified atom stereocenters. The predicted octanol–water partition coefficient (Wildman–Crippen LogP) is 0.500. The van der Waals surface area contributed by atoms with Crippen molar-refractivity contribution in [2.45, 2.75) is 12.8 Å². The summed E-state index contributed by atoms with van der Waals surface area (Å²) in [5.41, 5.74) is 0. The molecule has 13 heavy (non-hydrogen) atoms. The van der Waals surface area contributed by atoms with E-state index in [0.717, 1.165) is 26.1 Å². The van der Waals surface area contributed by atoms with Crippen LogP contribution in [0.5, 0.6) is 0 Å². The SMILES string of the molecule is O=C(O)CON=CC1CCOCC1. The molecule has 5 heteroatoms. The molecule has 0 aromatic rings. The highest BCUT2D eigenvalue weighted by atomic mass is 16.6. The van der Waals surface area contributed by atoms with Crippen molar-refractivity contribution in [2.75, 3.05) is 19.8 Å². The molecule has 1 rings (SSSR count). The van der Waals surface area contributed by atoms with Gasteiger partial charge in [-0.05, 0) is 12.8 Å². The van der Waals surface area contributed by atoms with Gasteiger partial charge in [0.2, 0.25) is 6.61 Å². The third kappa shape index (κ3) is 4.47. The fourth-order valence-electron chi connectivity index (χ4n) is 1.09. The Morgan fingerprint density at radius 3 is 2.92 bits per heavy atom. The Hall–Kier alpha value is -1.10. The fraction of sp³-hybridized carbons (Fsp3) is 0.750. The summed E-state index contributed by atoms with van der Waals surface area (Å²) in [4.78, 5) is 14.6. The summed E-state index contributed by atoms with van der Waals surface area (Å²) in [7, 11) is 0. The van der Waals surface area contributed by atoms with Crippen LogP contribution in [0.1, 0.15) is 12.8 Å². The number of oxime groups is 1. The van der Waals surface area contributed by atoms with Crippen molar-refractivity contribution < 1.29 is 19.5 Å². The second kappa shape index (κ2) is 5.53. The first kappa shape index (κ1) is 9.98. The van der Waals surface area contributed by atoms with Crippen LogP contribution in [0.4, 0.5) is 0 Å². The summed E-state index contributed by atoms with van der Waals surface area (Å²) in [5.74, 6) is -0.647. The molecule has 0 saturated carbocycles. The number of hydrogen-bond acceptors (Lipinski definition) is 4. The van der Waals surface area contributed by atoms with Gasteiger partial charge in [-0.15, -0.1) is 0 Å². The monoisotopic (exact) mass is 187 g/mol. The van der Waals surface area contributed by atoms with E-state index >= 15 is 0 Å². The molecule has 0 atom stereocenters. The normalized spacial score (nSPS) is 19.1. The molecular formula is C8H13NO4. The standard InChI is InChI=1S/C8H13NO4/c10-8(11)6-13-9-5-7-1-3-12-4-2-7/h5,7H,1-4,6H2,(H,10,11). The maximum Gasteiger partial charge on any atom is 0.344 e. The van der Waals surface area contributed by atoms with Gasteiger partial charge in [0.25, 0.3) is 0 Å². The molecule has 5 nitrogen and oxygen atoms in total. The lowest BCUT2D eigenvalue weighted by molar-refractivity contribution is -0.142. The average Bonchev–Trinajstić information content (AvgIpc) is 2.14. The van der Waals surface area contributed by atoms with Crippen LogP contribution in [0.2, 0.25) is 0 Å². The van der Waals surface area contributed by atoms with Gasteiger partial charge >= 0.3 is 5.97 Å². The van der Waals surface area contributed by atoms with Gasteiger partial charge in [-0.25, -0.2) is 4.79 Å². The molecule has 0 aliphatic carbocycles. The van der Waals surface area contributed by atoms with Gasteiger partial charge in [0.1, 0.15) is 0 Å². The Kier molecular flexibility index (Phi) is 4.25. The zero-order valence-electron chi connectivity index (χ0n) is 7.31. The van der Waals surface area contributed by atoms with Crippen molar-refractivity contribution in [3.8, 4) is 0 Å². The topological polar surface area (TPSA) is 68.1 Å². The van der Waals surface area contributed by atoms with Crippen LogP contribution in [-0.2, 0) is 14.4 Å². The lowest BCUT2D eigenvalue weighted by atomic mass is 10.0. The molecule has 1 aliphatic rings. The number of carbonyl (C=O) groups is 1. The maximum atomic E-state index is 10.0. The zero-order chi connectivity index (χ0) is 9.52. The van der Waals surface area contributed by atoms with Crippen molar-refractivity contribution >= 4 is 12.2 Å². The maximum absolute atomic E-state index is 10.0. The van der Waals surface area contributed by atoms with E-state index < -0.39 is 5.97 Å². The lowest BCUT2D eigenvalue weighted by Crippen LogP contribution is -2.16. The number of carboxylic acid groups (broad SMARTS) is 1. The number of ether oxygens (including phenoxy) is 1. The smallest absolute Gasteiger partial charge is 0.344 e. The first-order chi connectivity index (χ1) is 6.29. The lowest BCUT2D eigenvalue weighted by Gasteiger charge is -2.17. The molecule has 1 saturated heterocycles. The molecular weight excluding hydrogens is 174 g/mol. The number of rotatable bonds is 4. The summed E-state index contributed by atoms with van der Waals surface area (Å²) in [6.45, 7) is 1.12. The van der Waals surface area contributed by atoms with Gasteiger partial charge < -0.3 is 14.7 Å². The first-order valence-corrected chi connectivity index (χ1v) is 4.24. The van der Waals surface area contributed by atoms with E-state index in [-0.39, 0.29) is 6.61 Å². The van der Waals surface area contributed by atoms with Crippen LogP contribution in [0.3, 0.4) is 0 Å². The number of nitrogens with zero attached hydrogens (tertiary/aromatic N) is 1. The van der Waals surface area contributed by atoms with Crippen LogP contribution in [-0.4, -0.2) is 37.1 Å². The fourth-order valence-corrected chi connectivity index (χ4v) is 1.09. The second-order valence-corrected chi connectivity index (χ2v) is 2.87. The number of hydrogen-bond donors (Lipinski definition) is 1. The molecule has 74 valence electrons. The minimum atomic E-state index is -1.01. The second-order valence-electron chi connectivity index (χ2n) is 2.87. The van der Waals surface area contributed by atoms with Crippen molar-refractivity contribution in [3.05, 3.63) is 0 Å². The summed E-state index contributed by atoms with van der Waals surface area (Å²) in [5, 5.41) is 11.8. The average molecular weight is 187 g/mol. The molecule has 0 spiro atoms. The Morgan fingerprint density at radius 2 is 2.31 bits per heavy atom. The van der Waals surface area contributed by atoms with Crippen molar-refractivity contribution in [1.82, 2.24) is 0 Å². The van der Waals surface area contributed by atoms with Crippen LogP contribution < -0.4 is 0 Å². The third-order valence-electron chi connectivity index (χ3n) is 1.80. The quantitative estimate of drug-likeness (QED) is 0.514. The Balaban J connectivity index is 2.11. The van der Waals surface area contributed by atoms with E-state index in [9.17, 15) is 4.79 Å². The van der Waals surface area contributed by atoms with Crippen LogP contribution in [0.25, 0.3) is 0 Å². The zero-order valence-corrected chi connectivity index (χ0v) is 7.31. The highest BCUT2D eigenvalue weighted by molar-refractivity contribution is 5.68. The van der Waals surface area contributed by atoms with E-state index in [1.165, 1.54) is 0 Å². The molecule has 1 fully saturated rings. The van der Waals surface area contributed by atoms with Gasteiger partial charge in [0, 0.05) is 25.3 Å². The van der Waals surface area contributed by atoms with E-state index in [4.69, 9.17) is 9.84 Å². The minimum absolute atomic E-state index is 0.363. The van der Waals surface area contributed by atoms with Crippen LogP contribution in [0.15, 0.2) is 5.16 Å². The molecule has 0 aromatic carbocycles. The molecule has 0 bridgehead atoms. The van der Waals surface area contributed by atoms with Gasteiger partial charge in [-0.2, -0.15) is 0 Å². The first-order valence-electron chi connectivity index (χ1n) is 4.24. The largest absolute Gasteiger partial charge is 0.479 e. The third-order valence-corrected chi connectivity index (χ3v) is 1.80. The minimum Gasteiger partial charge on any atom is -0.479 e.